The maximum Gasteiger partial charge on any atom is 0.245 e. The molecule has 22 heavy (non-hydrogen) atoms. The molecule has 0 spiro atoms. The lowest BCUT2D eigenvalue weighted by Gasteiger charge is -2.16. The first-order chi connectivity index (χ1) is 10.6. The second-order valence-electron chi connectivity index (χ2n) is 5.20. The third-order valence-electron chi connectivity index (χ3n) is 3.85. The summed E-state index contributed by atoms with van der Waals surface area (Å²) in [5.74, 6) is 0.676. The SMILES string of the molecule is CCC(=O)N1CC[C@H](Oc2ncnc3c2nc(I)n3CC)C1. The van der Waals surface area contributed by atoms with Crippen molar-refractivity contribution in [2.45, 2.75) is 39.3 Å². The molecule has 2 aromatic rings. The number of ether oxygens (including phenoxy) is 1. The average molecular weight is 415 g/mol. The van der Waals surface area contributed by atoms with E-state index in [9.17, 15) is 4.79 Å². The predicted octanol–water partition coefficient (Wildman–Crippen LogP) is 1.84. The summed E-state index contributed by atoms with van der Waals surface area (Å²) in [5.41, 5.74) is 1.48. The summed E-state index contributed by atoms with van der Waals surface area (Å²) in [6.45, 7) is 6.09. The Hall–Kier alpha value is -1.45. The summed E-state index contributed by atoms with van der Waals surface area (Å²) in [6.07, 6.45) is 2.83. The Balaban J connectivity index is 1.82. The second kappa shape index (κ2) is 6.35. The molecule has 118 valence electrons. The van der Waals surface area contributed by atoms with E-state index in [4.69, 9.17) is 4.74 Å². The van der Waals surface area contributed by atoms with Crippen LogP contribution in [0.3, 0.4) is 0 Å². The van der Waals surface area contributed by atoms with Gasteiger partial charge in [-0.3, -0.25) is 4.79 Å². The van der Waals surface area contributed by atoms with E-state index in [1.807, 2.05) is 16.4 Å². The first kappa shape index (κ1) is 15.4. The summed E-state index contributed by atoms with van der Waals surface area (Å²) in [4.78, 5) is 26.6. The van der Waals surface area contributed by atoms with Crippen molar-refractivity contribution in [2.75, 3.05) is 13.1 Å². The molecule has 1 fully saturated rings. The topological polar surface area (TPSA) is 73.1 Å². The Labute approximate surface area is 142 Å². The summed E-state index contributed by atoms with van der Waals surface area (Å²) in [7, 11) is 0. The standard InChI is InChI=1S/C14H18IN5O2/c1-3-10(21)19-6-5-9(7-19)22-13-11-12(16-8-17-13)20(4-2)14(15)18-11/h8-9H,3-7H2,1-2H3/t9-/m0/s1. The molecule has 1 saturated heterocycles. The number of amides is 1. The molecule has 0 N–H and O–H groups in total. The molecule has 7 nitrogen and oxygen atoms in total. The highest BCUT2D eigenvalue weighted by molar-refractivity contribution is 14.1. The van der Waals surface area contributed by atoms with Crippen molar-refractivity contribution in [1.29, 1.82) is 0 Å². The van der Waals surface area contributed by atoms with Gasteiger partial charge in [0.2, 0.25) is 11.8 Å². The number of aryl methyl sites for hydroxylation is 1. The van der Waals surface area contributed by atoms with Gasteiger partial charge in [-0.05, 0) is 6.92 Å². The van der Waals surface area contributed by atoms with E-state index >= 15 is 0 Å². The maximum absolute atomic E-state index is 11.7. The van der Waals surface area contributed by atoms with Crippen molar-refractivity contribution in [3.05, 3.63) is 10.2 Å². The summed E-state index contributed by atoms with van der Waals surface area (Å²) in [5, 5.41) is 0. The number of fused-ring (bicyclic) bond motifs is 1. The number of carbonyl (C=O) groups excluding carboxylic acids is 1. The minimum atomic E-state index is -0.0296. The largest absolute Gasteiger partial charge is 0.471 e. The first-order valence-corrected chi connectivity index (χ1v) is 8.53. The van der Waals surface area contributed by atoms with Crippen LogP contribution in [0.25, 0.3) is 11.2 Å². The third kappa shape index (κ3) is 2.75. The van der Waals surface area contributed by atoms with Crippen LogP contribution in [0.2, 0.25) is 0 Å². The van der Waals surface area contributed by atoms with Crippen LogP contribution in [-0.4, -0.2) is 49.5 Å². The number of nitrogens with zero attached hydrogens (tertiary/aromatic N) is 5. The summed E-state index contributed by atoms with van der Waals surface area (Å²) >= 11 is 2.19. The van der Waals surface area contributed by atoms with Gasteiger partial charge in [-0.15, -0.1) is 0 Å². The highest BCUT2D eigenvalue weighted by atomic mass is 127. The smallest absolute Gasteiger partial charge is 0.245 e. The Bertz CT molecular complexity index is 702. The second-order valence-corrected chi connectivity index (χ2v) is 6.16. The van der Waals surface area contributed by atoms with Gasteiger partial charge in [-0.25, -0.2) is 9.97 Å². The lowest BCUT2D eigenvalue weighted by Crippen LogP contribution is -2.30. The fourth-order valence-corrected chi connectivity index (χ4v) is 3.50. The molecular formula is C14H18IN5O2. The van der Waals surface area contributed by atoms with Gasteiger partial charge in [0, 0.05) is 48.5 Å². The third-order valence-corrected chi connectivity index (χ3v) is 4.67. The number of rotatable bonds is 4. The van der Waals surface area contributed by atoms with E-state index in [1.54, 1.807) is 0 Å². The fraction of sp³-hybridized carbons (Fsp3) is 0.571. The molecule has 0 unspecified atom stereocenters. The molecule has 3 rings (SSSR count). The van der Waals surface area contributed by atoms with Gasteiger partial charge in [0.05, 0.1) is 6.54 Å². The Kier molecular flexibility index (Phi) is 4.46. The maximum atomic E-state index is 11.7. The molecule has 2 aromatic heterocycles. The van der Waals surface area contributed by atoms with Crippen molar-refractivity contribution < 1.29 is 9.53 Å². The molecule has 0 bridgehead atoms. The van der Waals surface area contributed by atoms with Crippen molar-refractivity contribution in [1.82, 2.24) is 24.4 Å². The lowest BCUT2D eigenvalue weighted by molar-refractivity contribution is -0.130. The van der Waals surface area contributed by atoms with Crippen LogP contribution in [0.1, 0.15) is 26.7 Å². The van der Waals surface area contributed by atoms with Crippen LogP contribution in [0.4, 0.5) is 0 Å². The van der Waals surface area contributed by atoms with Crippen LogP contribution >= 0.6 is 22.6 Å². The van der Waals surface area contributed by atoms with Gasteiger partial charge < -0.3 is 14.2 Å². The normalized spacial score (nSPS) is 18.1. The van der Waals surface area contributed by atoms with Crippen LogP contribution in [-0.2, 0) is 11.3 Å². The predicted molar refractivity (Wildman–Crippen MR) is 89.6 cm³/mol. The van der Waals surface area contributed by atoms with Crippen LogP contribution in [0.5, 0.6) is 5.88 Å². The first-order valence-electron chi connectivity index (χ1n) is 7.45. The van der Waals surface area contributed by atoms with E-state index in [1.165, 1.54) is 6.33 Å². The molecule has 1 aliphatic heterocycles. The number of likely N-dealkylation sites (tertiary alicyclic amines) is 1. The minimum absolute atomic E-state index is 0.0296. The number of hydrogen-bond donors (Lipinski definition) is 0. The molecule has 0 aliphatic carbocycles. The van der Waals surface area contributed by atoms with Gasteiger partial charge in [0.1, 0.15) is 12.4 Å². The lowest BCUT2D eigenvalue weighted by atomic mass is 10.3. The quantitative estimate of drug-likeness (QED) is 0.563. The number of aromatic nitrogens is 4. The van der Waals surface area contributed by atoms with E-state index in [0.29, 0.717) is 24.4 Å². The number of hydrogen-bond acceptors (Lipinski definition) is 5. The Morgan fingerprint density at radius 3 is 3.00 bits per heavy atom. The number of imidazole rings is 1. The molecule has 1 aliphatic rings. The highest BCUT2D eigenvalue weighted by Gasteiger charge is 2.28. The van der Waals surface area contributed by atoms with Crippen molar-refractivity contribution in [2.24, 2.45) is 0 Å². The molecular weight excluding hydrogens is 397 g/mol. The van der Waals surface area contributed by atoms with Gasteiger partial charge in [-0.1, -0.05) is 6.92 Å². The summed E-state index contributed by atoms with van der Waals surface area (Å²) < 4.78 is 8.89. The fourth-order valence-electron chi connectivity index (χ4n) is 2.69. The van der Waals surface area contributed by atoms with Crippen molar-refractivity contribution in [3.8, 4) is 5.88 Å². The van der Waals surface area contributed by atoms with Crippen LogP contribution < -0.4 is 4.74 Å². The number of carbonyl (C=O) groups is 1. The van der Waals surface area contributed by atoms with E-state index in [-0.39, 0.29) is 12.0 Å². The average Bonchev–Trinajstić information content (AvgIpc) is 3.10. The van der Waals surface area contributed by atoms with Gasteiger partial charge in [-0.2, -0.15) is 4.98 Å². The molecule has 3 heterocycles. The number of halogens is 1. The zero-order valence-corrected chi connectivity index (χ0v) is 14.8. The molecule has 8 heteroatoms. The van der Waals surface area contributed by atoms with Gasteiger partial charge in [0.15, 0.2) is 15.0 Å². The highest BCUT2D eigenvalue weighted by Crippen LogP contribution is 2.25. The molecule has 1 atom stereocenters. The van der Waals surface area contributed by atoms with Crippen LogP contribution in [0.15, 0.2) is 6.33 Å². The molecule has 0 radical (unpaired) electrons. The molecule has 0 saturated carbocycles. The van der Waals surface area contributed by atoms with Crippen molar-refractivity contribution in [3.63, 3.8) is 0 Å². The monoisotopic (exact) mass is 415 g/mol. The minimum Gasteiger partial charge on any atom is -0.471 e. The van der Waals surface area contributed by atoms with Crippen LogP contribution in [0, 0.1) is 3.83 Å². The van der Waals surface area contributed by atoms with Gasteiger partial charge in [0.25, 0.3) is 0 Å². The van der Waals surface area contributed by atoms with Gasteiger partial charge >= 0.3 is 0 Å². The van der Waals surface area contributed by atoms with E-state index < -0.39 is 0 Å². The van der Waals surface area contributed by atoms with E-state index in [2.05, 4.69) is 44.5 Å². The zero-order valence-electron chi connectivity index (χ0n) is 12.6. The Morgan fingerprint density at radius 1 is 1.45 bits per heavy atom. The van der Waals surface area contributed by atoms with E-state index in [0.717, 1.165) is 29.0 Å². The van der Waals surface area contributed by atoms with Crippen molar-refractivity contribution >= 4 is 39.7 Å². The Morgan fingerprint density at radius 2 is 2.27 bits per heavy atom. The molecule has 1 amide bonds. The molecule has 0 aromatic carbocycles. The zero-order chi connectivity index (χ0) is 15.7. The summed E-state index contributed by atoms with van der Waals surface area (Å²) in [6, 6.07) is 0.